The van der Waals surface area contributed by atoms with Gasteiger partial charge in [0.25, 0.3) is 0 Å². The molecule has 3 aliphatic rings. The van der Waals surface area contributed by atoms with Crippen LogP contribution in [-0.2, 0) is 4.74 Å². The molecule has 138 valence electrons. The Hall–Kier alpha value is -0.950. The summed E-state index contributed by atoms with van der Waals surface area (Å²) in [6.45, 7) is 7.61. The number of amides is 2. The van der Waals surface area contributed by atoms with Crippen LogP contribution in [0, 0.1) is 11.8 Å². The lowest BCUT2D eigenvalue weighted by Gasteiger charge is -2.34. The minimum atomic E-state index is -2.50. The molecule has 0 aromatic rings. The number of nitrogens with zero attached hydrogens (tertiary/aromatic N) is 2. The molecule has 0 aromatic carbocycles. The van der Waals surface area contributed by atoms with Gasteiger partial charge in [-0.05, 0) is 24.7 Å². The monoisotopic (exact) mass is 345 g/mol. The fourth-order valence-corrected chi connectivity index (χ4v) is 4.15. The van der Waals surface area contributed by atoms with E-state index < -0.39 is 5.92 Å². The molecule has 2 saturated heterocycles. The highest BCUT2D eigenvalue weighted by Crippen LogP contribution is 2.35. The SMILES string of the molecule is C[C@@H]1CN(C(=O)NCC2CCC(F)(F)CC2)C[C@@H]1N1CCOCC1. The van der Waals surface area contributed by atoms with Crippen molar-refractivity contribution in [3.8, 4) is 0 Å². The summed E-state index contributed by atoms with van der Waals surface area (Å²) in [6.07, 6.45) is 0.904. The van der Waals surface area contributed by atoms with Gasteiger partial charge in [0.2, 0.25) is 5.92 Å². The molecule has 0 aromatic heterocycles. The van der Waals surface area contributed by atoms with Crippen molar-refractivity contribution in [2.24, 2.45) is 11.8 Å². The number of urea groups is 1. The highest BCUT2D eigenvalue weighted by Gasteiger charge is 2.38. The molecule has 0 radical (unpaired) electrons. The van der Waals surface area contributed by atoms with Crippen LogP contribution in [0.4, 0.5) is 13.6 Å². The Balaban J connectivity index is 1.42. The largest absolute Gasteiger partial charge is 0.379 e. The lowest BCUT2D eigenvalue weighted by Crippen LogP contribution is -2.48. The number of alkyl halides is 2. The molecule has 2 atom stereocenters. The molecule has 0 bridgehead atoms. The van der Waals surface area contributed by atoms with E-state index in [1.165, 1.54) is 0 Å². The van der Waals surface area contributed by atoms with Crippen LogP contribution >= 0.6 is 0 Å². The van der Waals surface area contributed by atoms with Crippen LogP contribution in [0.5, 0.6) is 0 Å². The van der Waals surface area contributed by atoms with Gasteiger partial charge >= 0.3 is 6.03 Å². The molecule has 2 amide bonds. The number of carbonyl (C=O) groups is 1. The van der Waals surface area contributed by atoms with Crippen molar-refractivity contribution in [2.75, 3.05) is 45.9 Å². The van der Waals surface area contributed by atoms with Crippen molar-refractivity contribution in [3.63, 3.8) is 0 Å². The van der Waals surface area contributed by atoms with E-state index in [9.17, 15) is 13.6 Å². The minimum absolute atomic E-state index is 0.0463. The number of morpholine rings is 1. The number of halogens is 2. The highest BCUT2D eigenvalue weighted by molar-refractivity contribution is 5.74. The van der Waals surface area contributed by atoms with Crippen molar-refractivity contribution >= 4 is 6.03 Å². The summed E-state index contributed by atoms with van der Waals surface area (Å²) in [4.78, 5) is 16.7. The van der Waals surface area contributed by atoms with E-state index in [-0.39, 0.29) is 24.8 Å². The second kappa shape index (κ2) is 7.52. The third-order valence-electron chi connectivity index (χ3n) is 5.75. The summed E-state index contributed by atoms with van der Waals surface area (Å²) < 4.78 is 31.8. The predicted molar refractivity (Wildman–Crippen MR) is 87.2 cm³/mol. The van der Waals surface area contributed by atoms with E-state index in [1.54, 1.807) is 0 Å². The summed E-state index contributed by atoms with van der Waals surface area (Å²) in [5.41, 5.74) is 0. The number of carbonyl (C=O) groups excluding carboxylic acids is 1. The van der Waals surface area contributed by atoms with Crippen LogP contribution in [-0.4, -0.2) is 73.7 Å². The van der Waals surface area contributed by atoms with Gasteiger partial charge in [-0.1, -0.05) is 6.92 Å². The molecule has 0 unspecified atom stereocenters. The van der Waals surface area contributed by atoms with Gasteiger partial charge in [0.15, 0.2) is 0 Å². The smallest absolute Gasteiger partial charge is 0.317 e. The Labute approximate surface area is 142 Å². The number of likely N-dealkylation sites (tertiary alicyclic amines) is 1. The maximum Gasteiger partial charge on any atom is 0.317 e. The molecule has 1 N–H and O–H groups in total. The van der Waals surface area contributed by atoms with Crippen molar-refractivity contribution in [2.45, 2.75) is 44.6 Å². The number of hydrogen-bond donors (Lipinski definition) is 1. The normalized spacial score (nSPS) is 32.0. The van der Waals surface area contributed by atoms with Gasteiger partial charge in [0, 0.05) is 51.6 Å². The maximum atomic E-state index is 13.2. The summed E-state index contributed by atoms with van der Waals surface area (Å²) >= 11 is 0. The van der Waals surface area contributed by atoms with Crippen LogP contribution in [0.15, 0.2) is 0 Å². The minimum Gasteiger partial charge on any atom is -0.379 e. The molecule has 3 fully saturated rings. The van der Waals surface area contributed by atoms with E-state index in [2.05, 4.69) is 17.1 Å². The van der Waals surface area contributed by atoms with Gasteiger partial charge in [-0.2, -0.15) is 0 Å². The van der Waals surface area contributed by atoms with E-state index in [4.69, 9.17) is 4.74 Å². The van der Waals surface area contributed by atoms with Crippen LogP contribution in [0.2, 0.25) is 0 Å². The summed E-state index contributed by atoms with van der Waals surface area (Å²) in [5, 5.41) is 2.96. The second-order valence-electron chi connectivity index (χ2n) is 7.58. The Bertz CT molecular complexity index is 434. The second-order valence-corrected chi connectivity index (χ2v) is 7.58. The van der Waals surface area contributed by atoms with Gasteiger partial charge in [-0.25, -0.2) is 13.6 Å². The molecule has 5 nitrogen and oxygen atoms in total. The fraction of sp³-hybridized carbons (Fsp3) is 0.941. The fourth-order valence-electron chi connectivity index (χ4n) is 4.15. The lowest BCUT2D eigenvalue weighted by atomic mass is 9.87. The third-order valence-corrected chi connectivity index (χ3v) is 5.75. The van der Waals surface area contributed by atoms with Gasteiger partial charge in [0.1, 0.15) is 0 Å². The van der Waals surface area contributed by atoms with E-state index in [0.717, 1.165) is 39.4 Å². The van der Waals surface area contributed by atoms with Crippen molar-refractivity contribution < 1.29 is 18.3 Å². The summed E-state index contributed by atoms with van der Waals surface area (Å²) in [6, 6.07) is 0.350. The number of rotatable bonds is 3. The third kappa shape index (κ3) is 4.36. The zero-order valence-corrected chi connectivity index (χ0v) is 14.5. The zero-order valence-electron chi connectivity index (χ0n) is 14.5. The molecular weight excluding hydrogens is 316 g/mol. The average Bonchev–Trinajstić information content (AvgIpc) is 2.96. The standard InChI is InChI=1S/C17H29F2N3O2/c1-13-11-22(12-15(13)21-6-8-24-9-7-21)16(23)20-10-14-2-4-17(18,19)5-3-14/h13-15H,2-12H2,1H3,(H,20,23)/t13-,15+/m1/s1. The molecule has 1 aliphatic carbocycles. The highest BCUT2D eigenvalue weighted by atomic mass is 19.3. The molecule has 1 saturated carbocycles. The molecule has 2 aliphatic heterocycles. The predicted octanol–water partition coefficient (Wildman–Crippen LogP) is 2.17. The van der Waals surface area contributed by atoms with Crippen LogP contribution in [0.25, 0.3) is 0 Å². The first kappa shape index (κ1) is 17.9. The first-order valence-corrected chi connectivity index (χ1v) is 9.17. The molecule has 24 heavy (non-hydrogen) atoms. The molecule has 0 spiro atoms. The summed E-state index contributed by atoms with van der Waals surface area (Å²) in [7, 11) is 0. The van der Waals surface area contributed by atoms with Crippen molar-refractivity contribution in [1.29, 1.82) is 0 Å². The number of ether oxygens (including phenoxy) is 1. The average molecular weight is 345 g/mol. The van der Waals surface area contributed by atoms with Gasteiger partial charge < -0.3 is 15.0 Å². The first-order valence-electron chi connectivity index (χ1n) is 9.17. The van der Waals surface area contributed by atoms with E-state index in [1.807, 2.05) is 4.90 Å². The van der Waals surface area contributed by atoms with Crippen LogP contribution in [0.3, 0.4) is 0 Å². The van der Waals surface area contributed by atoms with E-state index >= 15 is 0 Å². The molecule has 7 heteroatoms. The van der Waals surface area contributed by atoms with Crippen LogP contribution < -0.4 is 5.32 Å². The van der Waals surface area contributed by atoms with Crippen molar-refractivity contribution in [1.82, 2.24) is 15.1 Å². The van der Waals surface area contributed by atoms with Gasteiger partial charge in [0.05, 0.1) is 13.2 Å². The quantitative estimate of drug-likeness (QED) is 0.853. The molecular formula is C17H29F2N3O2. The first-order chi connectivity index (χ1) is 11.4. The number of hydrogen-bond acceptors (Lipinski definition) is 3. The van der Waals surface area contributed by atoms with Gasteiger partial charge in [-0.15, -0.1) is 0 Å². The van der Waals surface area contributed by atoms with E-state index in [0.29, 0.717) is 31.3 Å². The number of nitrogens with one attached hydrogen (secondary N) is 1. The topological polar surface area (TPSA) is 44.8 Å². The Morgan fingerprint density at radius 3 is 2.54 bits per heavy atom. The lowest BCUT2D eigenvalue weighted by molar-refractivity contribution is -0.0452. The Kier molecular flexibility index (Phi) is 5.59. The Morgan fingerprint density at radius 2 is 1.88 bits per heavy atom. The Morgan fingerprint density at radius 1 is 1.21 bits per heavy atom. The molecule has 2 heterocycles. The summed E-state index contributed by atoms with van der Waals surface area (Å²) in [5.74, 6) is -1.87. The van der Waals surface area contributed by atoms with Crippen molar-refractivity contribution in [3.05, 3.63) is 0 Å². The maximum absolute atomic E-state index is 13.2. The zero-order chi connectivity index (χ0) is 17.2. The molecule has 3 rings (SSSR count). The van der Waals surface area contributed by atoms with Gasteiger partial charge in [-0.3, -0.25) is 4.90 Å². The van der Waals surface area contributed by atoms with Crippen LogP contribution in [0.1, 0.15) is 32.6 Å².